The third kappa shape index (κ3) is 4.05. The molecule has 3 aromatic heterocycles. The Balaban J connectivity index is 1.27. The largest absolute Gasteiger partial charge is 0.355 e. The molecule has 0 amide bonds. The molecule has 6 rings (SSSR count). The first kappa shape index (κ1) is 22.5. The van der Waals surface area contributed by atoms with Gasteiger partial charge in [-0.1, -0.05) is 0 Å². The molecule has 0 radical (unpaired) electrons. The number of aryl methyl sites for hydroxylation is 2. The van der Waals surface area contributed by atoms with Gasteiger partial charge in [-0.15, -0.1) is 11.3 Å². The fourth-order valence-electron chi connectivity index (χ4n) is 4.13. The van der Waals surface area contributed by atoms with Crippen LogP contribution in [0, 0.1) is 31.1 Å². The van der Waals surface area contributed by atoms with Gasteiger partial charge in [-0.2, -0.15) is 19.6 Å². The maximum atomic E-state index is 12.9. The molecule has 2 bridgehead atoms. The SMILES string of the molecule is Cc1cc(Nc2nc(NC3=CC4=CC(S(=O)(=O)N5CC(C#N)C5)=CC(=C3)N4)nc3cc(C)sc23)n[nH]1. The lowest BCUT2D eigenvalue weighted by Gasteiger charge is -2.35. The average molecular weight is 520 g/mol. The van der Waals surface area contributed by atoms with E-state index in [2.05, 4.69) is 42.2 Å². The Morgan fingerprint density at radius 3 is 2.64 bits per heavy atom. The topological polar surface area (TPSA) is 152 Å². The lowest BCUT2D eigenvalue weighted by atomic mass is 10.1. The van der Waals surface area contributed by atoms with Crippen LogP contribution < -0.4 is 16.0 Å². The number of sulfonamides is 1. The van der Waals surface area contributed by atoms with E-state index in [1.54, 1.807) is 35.6 Å². The number of thiophene rings is 1. The maximum Gasteiger partial charge on any atom is 0.243 e. The van der Waals surface area contributed by atoms with E-state index in [1.807, 2.05) is 26.0 Å². The van der Waals surface area contributed by atoms with E-state index in [0.717, 1.165) is 20.8 Å². The number of dihydropyridines is 1. The monoisotopic (exact) mass is 519 g/mol. The van der Waals surface area contributed by atoms with E-state index in [-0.39, 0.29) is 23.9 Å². The number of nitrogens with zero attached hydrogens (tertiary/aromatic N) is 5. The minimum absolute atomic E-state index is 0.196. The fraction of sp³-hybridized carbons (Fsp3) is 0.217. The van der Waals surface area contributed by atoms with Crippen molar-refractivity contribution in [3.8, 4) is 6.07 Å². The van der Waals surface area contributed by atoms with Gasteiger partial charge < -0.3 is 16.0 Å². The van der Waals surface area contributed by atoms with E-state index in [4.69, 9.17) is 5.26 Å². The highest BCUT2D eigenvalue weighted by Gasteiger charge is 2.38. The van der Waals surface area contributed by atoms with Gasteiger partial charge in [0.15, 0.2) is 11.6 Å². The predicted molar refractivity (Wildman–Crippen MR) is 137 cm³/mol. The Hall–Kier alpha value is -3.99. The Bertz CT molecular complexity index is 1680. The number of H-pyrrole nitrogens is 1. The van der Waals surface area contributed by atoms with Crippen LogP contribution >= 0.6 is 11.3 Å². The van der Waals surface area contributed by atoms with Crippen molar-refractivity contribution in [3.05, 3.63) is 69.0 Å². The highest BCUT2D eigenvalue weighted by atomic mass is 32.2. The van der Waals surface area contributed by atoms with Crippen LogP contribution in [0.5, 0.6) is 0 Å². The van der Waals surface area contributed by atoms with Gasteiger partial charge in [0.05, 0.1) is 27.1 Å². The second-order valence-electron chi connectivity index (χ2n) is 8.77. The smallest absolute Gasteiger partial charge is 0.243 e. The van der Waals surface area contributed by atoms with Crippen molar-refractivity contribution in [1.29, 1.82) is 5.26 Å². The van der Waals surface area contributed by atoms with Crippen LogP contribution in [0.2, 0.25) is 0 Å². The number of hydrogen-bond donors (Lipinski definition) is 4. The molecule has 4 N–H and O–H groups in total. The number of anilines is 3. The normalized spacial score (nSPS) is 17.8. The van der Waals surface area contributed by atoms with E-state index in [9.17, 15) is 8.42 Å². The van der Waals surface area contributed by atoms with Gasteiger partial charge in [-0.3, -0.25) is 5.10 Å². The molecule has 13 heteroatoms. The molecule has 0 atom stereocenters. The Morgan fingerprint density at radius 1 is 1.11 bits per heavy atom. The summed E-state index contributed by atoms with van der Waals surface area (Å²) >= 11 is 1.60. The van der Waals surface area contributed by atoms with E-state index in [1.165, 1.54) is 4.31 Å². The zero-order chi connectivity index (χ0) is 25.0. The summed E-state index contributed by atoms with van der Waals surface area (Å²) in [7, 11) is -3.65. The lowest BCUT2D eigenvalue weighted by Crippen LogP contribution is -2.49. The van der Waals surface area contributed by atoms with Crippen molar-refractivity contribution in [1.82, 2.24) is 29.8 Å². The minimum atomic E-state index is -3.65. The molecular formula is C23H21N9O2S2. The molecular weight excluding hydrogens is 498 g/mol. The molecule has 0 saturated carbocycles. The van der Waals surface area contributed by atoms with Gasteiger partial charge in [-0.25, -0.2) is 13.4 Å². The zero-order valence-electron chi connectivity index (χ0n) is 19.3. The molecule has 0 unspecified atom stereocenters. The molecule has 3 aromatic rings. The van der Waals surface area contributed by atoms with Crippen LogP contribution in [0.1, 0.15) is 10.6 Å². The Morgan fingerprint density at radius 2 is 1.92 bits per heavy atom. The second-order valence-corrected chi connectivity index (χ2v) is 12.0. The molecule has 182 valence electrons. The summed E-state index contributed by atoms with van der Waals surface area (Å²) < 4.78 is 28.1. The van der Waals surface area contributed by atoms with Crippen molar-refractivity contribution >= 4 is 49.2 Å². The van der Waals surface area contributed by atoms with Gasteiger partial charge in [0.1, 0.15) is 0 Å². The quantitative estimate of drug-likeness (QED) is 0.385. The number of allylic oxidation sites excluding steroid dienone is 4. The van der Waals surface area contributed by atoms with E-state index >= 15 is 0 Å². The number of aromatic amines is 1. The lowest BCUT2D eigenvalue weighted by molar-refractivity contribution is 0.251. The highest BCUT2D eigenvalue weighted by molar-refractivity contribution is 7.93. The average Bonchev–Trinajstić information content (AvgIpc) is 3.36. The van der Waals surface area contributed by atoms with Gasteiger partial charge in [-0.05, 0) is 44.2 Å². The van der Waals surface area contributed by atoms with Crippen molar-refractivity contribution in [2.45, 2.75) is 13.8 Å². The molecule has 36 heavy (non-hydrogen) atoms. The number of nitriles is 1. The number of rotatable bonds is 6. The molecule has 3 aliphatic heterocycles. The Labute approximate surface area is 211 Å². The van der Waals surface area contributed by atoms with Crippen LogP contribution in [-0.4, -0.2) is 46.0 Å². The van der Waals surface area contributed by atoms with Crippen molar-refractivity contribution in [2.24, 2.45) is 5.92 Å². The zero-order valence-corrected chi connectivity index (χ0v) is 21.0. The minimum Gasteiger partial charge on any atom is -0.355 e. The number of fused-ring (bicyclic) bond motifs is 3. The summed E-state index contributed by atoms with van der Waals surface area (Å²) in [6.45, 7) is 4.40. The summed E-state index contributed by atoms with van der Waals surface area (Å²) in [5.74, 6) is 1.46. The van der Waals surface area contributed by atoms with Crippen molar-refractivity contribution in [2.75, 3.05) is 23.7 Å². The summed E-state index contributed by atoms with van der Waals surface area (Å²) in [4.78, 5) is 10.7. The van der Waals surface area contributed by atoms with E-state index < -0.39 is 10.0 Å². The summed E-state index contributed by atoms with van der Waals surface area (Å²) in [6.07, 6.45) is 6.78. The van der Waals surface area contributed by atoms with Crippen molar-refractivity contribution in [3.63, 3.8) is 0 Å². The molecule has 1 saturated heterocycles. The van der Waals surface area contributed by atoms with Crippen LogP contribution in [-0.2, 0) is 10.0 Å². The third-order valence-electron chi connectivity index (χ3n) is 5.88. The summed E-state index contributed by atoms with van der Waals surface area (Å²) in [5, 5.41) is 25.8. The molecule has 0 aromatic carbocycles. The molecule has 1 fully saturated rings. The first-order chi connectivity index (χ1) is 17.3. The van der Waals surface area contributed by atoms with Gasteiger partial charge in [0, 0.05) is 46.8 Å². The molecule has 3 aliphatic rings. The first-order valence-corrected chi connectivity index (χ1v) is 13.4. The fourth-order valence-corrected chi connectivity index (χ4v) is 6.63. The number of aromatic nitrogens is 4. The van der Waals surface area contributed by atoms with Crippen LogP contribution in [0.25, 0.3) is 10.2 Å². The third-order valence-corrected chi connectivity index (χ3v) is 8.73. The molecule has 0 spiro atoms. The van der Waals surface area contributed by atoms with Gasteiger partial charge in [0.25, 0.3) is 0 Å². The molecule has 0 aliphatic carbocycles. The molecule has 6 heterocycles. The standard InChI is InChI=1S/C23H21N9O2S2/c1-12-3-20(31-30-12)28-22-21-19(4-13(2)35-21)27-23(29-22)26-15-5-16-7-18(8-17(6-15)25-16)36(33,34)32-10-14(9-24)11-32/h3-8,14,25H,10-11H2,1-2H3,(H3,26,27,28,29,30,31). The summed E-state index contributed by atoms with van der Waals surface area (Å²) in [6, 6.07) is 6.01. The van der Waals surface area contributed by atoms with Crippen LogP contribution in [0.3, 0.4) is 0 Å². The Kier molecular flexibility index (Phi) is 5.18. The van der Waals surface area contributed by atoms with Crippen molar-refractivity contribution < 1.29 is 8.42 Å². The summed E-state index contributed by atoms with van der Waals surface area (Å²) in [5.41, 5.74) is 3.72. The first-order valence-electron chi connectivity index (χ1n) is 11.1. The van der Waals surface area contributed by atoms with E-state index in [0.29, 0.717) is 34.7 Å². The molecule has 11 nitrogen and oxygen atoms in total. The van der Waals surface area contributed by atoms with Gasteiger partial charge in [0.2, 0.25) is 16.0 Å². The predicted octanol–water partition coefficient (Wildman–Crippen LogP) is 3.12. The number of hydrogen-bond acceptors (Lipinski definition) is 10. The highest BCUT2D eigenvalue weighted by Crippen LogP contribution is 2.33. The van der Waals surface area contributed by atoms with Crippen LogP contribution in [0.15, 0.2) is 58.4 Å². The number of nitrogens with one attached hydrogen (secondary N) is 4. The maximum absolute atomic E-state index is 12.9. The van der Waals surface area contributed by atoms with Gasteiger partial charge >= 0.3 is 0 Å². The second kappa shape index (κ2) is 8.30. The van der Waals surface area contributed by atoms with Crippen LogP contribution in [0.4, 0.5) is 17.6 Å².